The van der Waals surface area contributed by atoms with Crippen molar-refractivity contribution in [1.82, 2.24) is 25.3 Å². The molecule has 0 radical (unpaired) electrons. The van der Waals surface area contributed by atoms with Crippen molar-refractivity contribution in [3.05, 3.63) is 47.6 Å². The number of nitrogens with zero attached hydrogens (tertiary/aromatic N) is 5. The molecule has 1 fully saturated rings. The van der Waals surface area contributed by atoms with E-state index in [-0.39, 0.29) is 0 Å². The summed E-state index contributed by atoms with van der Waals surface area (Å²) in [7, 11) is 4.00. The summed E-state index contributed by atoms with van der Waals surface area (Å²) in [4.78, 5) is 13.3. The molecule has 1 atom stereocenters. The predicted molar refractivity (Wildman–Crippen MR) is 97.1 cm³/mol. The molecular formula is C18H26N6O. The van der Waals surface area contributed by atoms with E-state index >= 15 is 0 Å². The Labute approximate surface area is 148 Å². The monoisotopic (exact) mass is 342 g/mol. The van der Waals surface area contributed by atoms with Crippen molar-refractivity contribution < 1.29 is 4.52 Å². The Morgan fingerprint density at radius 1 is 1.40 bits per heavy atom. The van der Waals surface area contributed by atoms with Crippen molar-refractivity contribution in [2.75, 3.05) is 27.2 Å². The molecule has 0 aliphatic carbocycles. The number of nitrogens with one attached hydrogen (secondary N) is 1. The minimum absolute atomic E-state index is 0.519. The smallest absolute Gasteiger partial charge is 0.223 e. The van der Waals surface area contributed by atoms with Crippen molar-refractivity contribution in [2.24, 2.45) is 4.99 Å². The topological polar surface area (TPSA) is 69.8 Å². The third-order valence-corrected chi connectivity index (χ3v) is 4.55. The lowest BCUT2D eigenvalue weighted by atomic mass is 10.1. The molecule has 0 bridgehead atoms. The van der Waals surface area contributed by atoms with Gasteiger partial charge in [0.25, 0.3) is 0 Å². The SMILES string of the molecule is CN=C(NCc1noc(C)n1)N1CC[C@H](N(C)Cc2ccccc2)C1. The van der Waals surface area contributed by atoms with E-state index in [1.54, 1.807) is 6.92 Å². The van der Waals surface area contributed by atoms with Crippen LogP contribution in [0.1, 0.15) is 23.7 Å². The second-order valence-corrected chi connectivity index (χ2v) is 6.42. The van der Waals surface area contributed by atoms with Gasteiger partial charge in [-0.2, -0.15) is 4.98 Å². The van der Waals surface area contributed by atoms with Gasteiger partial charge in [0.05, 0.1) is 6.54 Å². The predicted octanol–water partition coefficient (Wildman–Crippen LogP) is 1.66. The fourth-order valence-corrected chi connectivity index (χ4v) is 3.20. The normalized spacial score (nSPS) is 18.2. The Hall–Kier alpha value is -2.41. The first kappa shape index (κ1) is 17.4. The fourth-order valence-electron chi connectivity index (χ4n) is 3.20. The van der Waals surface area contributed by atoms with E-state index in [1.807, 2.05) is 7.05 Å². The first-order valence-corrected chi connectivity index (χ1v) is 8.64. The zero-order chi connectivity index (χ0) is 17.6. The van der Waals surface area contributed by atoms with Crippen LogP contribution in [-0.2, 0) is 13.1 Å². The van der Waals surface area contributed by atoms with E-state index in [0.29, 0.717) is 24.3 Å². The third kappa shape index (κ3) is 4.57. The van der Waals surface area contributed by atoms with Gasteiger partial charge >= 0.3 is 0 Å². The van der Waals surface area contributed by atoms with Crippen LogP contribution in [0.2, 0.25) is 0 Å². The molecule has 1 aliphatic heterocycles. The number of likely N-dealkylation sites (N-methyl/N-ethyl adjacent to an activating group) is 1. The maximum Gasteiger partial charge on any atom is 0.223 e. The minimum atomic E-state index is 0.519. The van der Waals surface area contributed by atoms with E-state index in [1.165, 1.54) is 5.56 Å². The van der Waals surface area contributed by atoms with Gasteiger partial charge in [-0.1, -0.05) is 35.5 Å². The maximum atomic E-state index is 5.00. The molecule has 134 valence electrons. The first-order chi connectivity index (χ1) is 12.2. The number of guanidine groups is 1. The van der Waals surface area contributed by atoms with Gasteiger partial charge in [-0.05, 0) is 19.0 Å². The highest BCUT2D eigenvalue weighted by molar-refractivity contribution is 5.80. The number of aliphatic imine (C=N–C) groups is 1. The number of aromatic nitrogens is 2. The lowest BCUT2D eigenvalue weighted by Crippen LogP contribution is -2.42. The van der Waals surface area contributed by atoms with E-state index in [0.717, 1.165) is 32.0 Å². The second-order valence-electron chi connectivity index (χ2n) is 6.42. The van der Waals surface area contributed by atoms with Gasteiger partial charge in [0.2, 0.25) is 5.89 Å². The Balaban J connectivity index is 1.51. The molecule has 1 aliphatic rings. The quantitative estimate of drug-likeness (QED) is 0.658. The van der Waals surface area contributed by atoms with E-state index in [9.17, 15) is 0 Å². The molecule has 2 heterocycles. The number of hydrogen-bond donors (Lipinski definition) is 1. The zero-order valence-electron chi connectivity index (χ0n) is 15.1. The van der Waals surface area contributed by atoms with Crippen molar-refractivity contribution >= 4 is 5.96 Å². The third-order valence-electron chi connectivity index (χ3n) is 4.55. The number of hydrogen-bond acceptors (Lipinski definition) is 5. The molecule has 25 heavy (non-hydrogen) atoms. The van der Waals surface area contributed by atoms with Crippen molar-refractivity contribution in [3.63, 3.8) is 0 Å². The molecule has 7 nitrogen and oxygen atoms in total. The second kappa shape index (κ2) is 8.11. The molecule has 0 spiro atoms. The number of benzene rings is 1. The van der Waals surface area contributed by atoms with Gasteiger partial charge in [0, 0.05) is 39.6 Å². The number of aryl methyl sites for hydroxylation is 1. The van der Waals surface area contributed by atoms with Gasteiger partial charge in [-0.3, -0.25) is 9.89 Å². The average molecular weight is 342 g/mol. The van der Waals surface area contributed by atoms with Gasteiger partial charge in [0.15, 0.2) is 11.8 Å². The van der Waals surface area contributed by atoms with Gasteiger partial charge < -0.3 is 14.7 Å². The van der Waals surface area contributed by atoms with Crippen LogP contribution in [0.25, 0.3) is 0 Å². The average Bonchev–Trinajstić information content (AvgIpc) is 3.26. The van der Waals surface area contributed by atoms with Gasteiger partial charge in [-0.15, -0.1) is 0 Å². The zero-order valence-corrected chi connectivity index (χ0v) is 15.1. The molecule has 2 aromatic rings. The maximum absolute atomic E-state index is 5.00. The highest BCUT2D eigenvalue weighted by Crippen LogP contribution is 2.17. The molecular weight excluding hydrogens is 316 g/mol. The largest absolute Gasteiger partial charge is 0.349 e. The summed E-state index contributed by atoms with van der Waals surface area (Å²) >= 11 is 0. The molecule has 1 aromatic carbocycles. The first-order valence-electron chi connectivity index (χ1n) is 8.64. The Bertz CT molecular complexity index is 699. The molecule has 0 unspecified atom stereocenters. The van der Waals surface area contributed by atoms with Crippen molar-refractivity contribution in [1.29, 1.82) is 0 Å². The summed E-state index contributed by atoms with van der Waals surface area (Å²) < 4.78 is 5.00. The fraction of sp³-hybridized carbons (Fsp3) is 0.500. The standard InChI is InChI=1S/C18H26N6O/c1-14-21-17(22-25-14)11-20-18(19-2)24-10-9-16(13-24)23(3)12-15-7-5-4-6-8-15/h4-8,16H,9-13H2,1-3H3,(H,19,20)/t16-/m0/s1. The molecule has 1 saturated heterocycles. The van der Waals surface area contributed by atoms with Crippen LogP contribution in [0, 0.1) is 6.92 Å². The summed E-state index contributed by atoms with van der Waals surface area (Å²) in [5, 5.41) is 7.23. The molecule has 0 saturated carbocycles. The van der Waals surface area contributed by atoms with E-state index in [2.05, 4.69) is 67.6 Å². The van der Waals surface area contributed by atoms with Crippen LogP contribution in [0.4, 0.5) is 0 Å². The van der Waals surface area contributed by atoms with Crippen molar-refractivity contribution in [3.8, 4) is 0 Å². The van der Waals surface area contributed by atoms with Crippen LogP contribution in [0.3, 0.4) is 0 Å². The van der Waals surface area contributed by atoms with Crippen LogP contribution >= 0.6 is 0 Å². The highest BCUT2D eigenvalue weighted by Gasteiger charge is 2.27. The minimum Gasteiger partial charge on any atom is -0.349 e. The van der Waals surface area contributed by atoms with Crippen LogP contribution in [0.15, 0.2) is 39.8 Å². The summed E-state index contributed by atoms with van der Waals surface area (Å²) in [6, 6.07) is 11.1. The van der Waals surface area contributed by atoms with Crippen LogP contribution in [0.5, 0.6) is 0 Å². The lowest BCUT2D eigenvalue weighted by Gasteiger charge is -2.26. The summed E-state index contributed by atoms with van der Waals surface area (Å²) in [5.74, 6) is 2.12. The van der Waals surface area contributed by atoms with Crippen molar-refractivity contribution in [2.45, 2.75) is 32.5 Å². The van der Waals surface area contributed by atoms with Crippen LogP contribution < -0.4 is 5.32 Å². The lowest BCUT2D eigenvalue weighted by molar-refractivity contribution is 0.240. The molecule has 0 amide bonds. The molecule has 3 rings (SSSR count). The Kier molecular flexibility index (Phi) is 5.65. The van der Waals surface area contributed by atoms with Gasteiger partial charge in [0.1, 0.15) is 0 Å². The molecule has 1 aromatic heterocycles. The highest BCUT2D eigenvalue weighted by atomic mass is 16.5. The molecule has 7 heteroatoms. The summed E-state index contributed by atoms with van der Waals surface area (Å²) in [6.07, 6.45) is 1.13. The Morgan fingerprint density at radius 3 is 2.88 bits per heavy atom. The van der Waals surface area contributed by atoms with Crippen LogP contribution in [-0.4, -0.2) is 59.1 Å². The summed E-state index contributed by atoms with van der Waals surface area (Å²) in [5.41, 5.74) is 1.35. The molecule has 1 N–H and O–H groups in total. The Morgan fingerprint density at radius 2 is 2.20 bits per heavy atom. The van der Waals surface area contributed by atoms with Gasteiger partial charge in [-0.25, -0.2) is 0 Å². The number of rotatable bonds is 5. The van der Waals surface area contributed by atoms with E-state index < -0.39 is 0 Å². The van der Waals surface area contributed by atoms with E-state index in [4.69, 9.17) is 4.52 Å². The summed E-state index contributed by atoms with van der Waals surface area (Å²) in [6.45, 7) is 5.24. The number of likely N-dealkylation sites (tertiary alicyclic amines) is 1.